The average Bonchev–Trinajstić information content (AvgIpc) is 3.15. The monoisotopic (exact) mass is 409 g/mol. The molecule has 156 valence electrons. The van der Waals surface area contributed by atoms with Gasteiger partial charge in [0.25, 0.3) is 5.91 Å². The van der Waals surface area contributed by atoms with Gasteiger partial charge in [-0.2, -0.15) is 0 Å². The van der Waals surface area contributed by atoms with E-state index in [0.29, 0.717) is 38.3 Å². The van der Waals surface area contributed by atoms with Crippen LogP contribution in [0.2, 0.25) is 0 Å². The highest BCUT2D eigenvalue weighted by molar-refractivity contribution is 7.88. The first kappa shape index (κ1) is 21.1. The summed E-state index contributed by atoms with van der Waals surface area (Å²) < 4.78 is 30.9. The molecule has 0 aliphatic carbocycles. The smallest absolute Gasteiger partial charge is 0.253 e. The summed E-state index contributed by atoms with van der Waals surface area (Å²) in [6.07, 6.45) is 3.04. The Morgan fingerprint density at radius 2 is 1.71 bits per heavy atom. The zero-order valence-electron chi connectivity index (χ0n) is 17.1. The second kappa shape index (κ2) is 8.39. The van der Waals surface area contributed by atoms with E-state index in [4.69, 9.17) is 4.74 Å². The highest BCUT2D eigenvalue weighted by Gasteiger charge is 2.45. The van der Waals surface area contributed by atoms with Crippen LogP contribution in [0, 0.1) is 0 Å². The van der Waals surface area contributed by atoms with Crippen molar-refractivity contribution in [2.75, 3.05) is 52.1 Å². The summed E-state index contributed by atoms with van der Waals surface area (Å²) in [5, 5.41) is 0. The van der Waals surface area contributed by atoms with Crippen LogP contribution >= 0.6 is 0 Å². The van der Waals surface area contributed by atoms with E-state index in [1.807, 2.05) is 36.1 Å². The average molecular weight is 410 g/mol. The number of amides is 1. The number of hydrogen-bond donors (Lipinski definition) is 0. The maximum atomic E-state index is 12.8. The third kappa shape index (κ3) is 4.34. The van der Waals surface area contributed by atoms with Gasteiger partial charge < -0.3 is 9.64 Å². The molecule has 1 unspecified atom stereocenters. The van der Waals surface area contributed by atoms with Crippen molar-refractivity contribution < 1.29 is 17.9 Å². The molecule has 2 saturated heterocycles. The third-order valence-electron chi connectivity index (χ3n) is 6.07. The van der Waals surface area contributed by atoms with Crippen LogP contribution < -0.4 is 4.74 Å². The maximum absolute atomic E-state index is 12.8. The van der Waals surface area contributed by atoms with Gasteiger partial charge >= 0.3 is 0 Å². The molecule has 0 saturated carbocycles. The number of hydrogen-bond acceptors (Lipinski definition) is 5. The summed E-state index contributed by atoms with van der Waals surface area (Å²) in [5.74, 6) is 0.808. The first-order chi connectivity index (χ1) is 13.3. The fourth-order valence-corrected chi connectivity index (χ4v) is 5.20. The lowest BCUT2D eigenvalue weighted by Crippen LogP contribution is -2.59. The van der Waals surface area contributed by atoms with Gasteiger partial charge in [0.2, 0.25) is 10.0 Å². The zero-order chi connectivity index (χ0) is 20.4. The van der Waals surface area contributed by atoms with E-state index in [2.05, 4.69) is 11.8 Å². The first-order valence-corrected chi connectivity index (χ1v) is 11.9. The van der Waals surface area contributed by atoms with Crippen LogP contribution in [-0.4, -0.2) is 86.1 Å². The Morgan fingerprint density at radius 1 is 1.07 bits per heavy atom. The summed E-state index contributed by atoms with van der Waals surface area (Å²) >= 11 is 0. The molecule has 2 aliphatic heterocycles. The molecule has 0 spiro atoms. The Balaban J connectivity index is 1.61. The van der Waals surface area contributed by atoms with E-state index in [-0.39, 0.29) is 11.4 Å². The second-order valence-corrected chi connectivity index (χ2v) is 9.64. The zero-order valence-corrected chi connectivity index (χ0v) is 17.9. The summed E-state index contributed by atoms with van der Waals surface area (Å²) in [7, 11) is -3.16. The molecular weight excluding hydrogens is 378 g/mol. The summed E-state index contributed by atoms with van der Waals surface area (Å²) in [4.78, 5) is 17.1. The highest BCUT2D eigenvalue weighted by atomic mass is 32.2. The van der Waals surface area contributed by atoms with Crippen LogP contribution in [0.25, 0.3) is 0 Å². The fraction of sp³-hybridized carbons (Fsp3) is 0.650. The third-order valence-corrected chi connectivity index (χ3v) is 7.32. The van der Waals surface area contributed by atoms with Crippen molar-refractivity contribution in [3.63, 3.8) is 0 Å². The van der Waals surface area contributed by atoms with E-state index < -0.39 is 10.0 Å². The number of benzene rings is 1. The largest absolute Gasteiger partial charge is 0.494 e. The number of sulfonamides is 1. The summed E-state index contributed by atoms with van der Waals surface area (Å²) in [6.45, 7) is 8.66. The van der Waals surface area contributed by atoms with Crippen LogP contribution in [0.1, 0.15) is 37.0 Å². The predicted molar refractivity (Wildman–Crippen MR) is 109 cm³/mol. The molecule has 2 heterocycles. The first-order valence-electron chi connectivity index (χ1n) is 10.0. The molecule has 0 bridgehead atoms. The Labute approximate surface area is 168 Å². The van der Waals surface area contributed by atoms with E-state index in [1.165, 1.54) is 6.26 Å². The molecule has 28 heavy (non-hydrogen) atoms. The molecule has 2 fully saturated rings. The van der Waals surface area contributed by atoms with Crippen molar-refractivity contribution in [3.05, 3.63) is 29.8 Å². The molecule has 7 nitrogen and oxygen atoms in total. The number of carbonyl (C=O) groups is 1. The van der Waals surface area contributed by atoms with Crippen LogP contribution in [0.3, 0.4) is 0 Å². The van der Waals surface area contributed by atoms with Gasteiger partial charge in [0.1, 0.15) is 5.75 Å². The lowest BCUT2D eigenvalue weighted by Gasteiger charge is -2.45. The van der Waals surface area contributed by atoms with Gasteiger partial charge in [0.15, 0.2) is 0 Å². The molecule has 2 aliphatic rings. The van der Waals surface area contributed by atoms with Crippen molar-refractivity contribution in [1.29, 1.82) is 0 Å². The lowest BCUT2D eigenvalue weighted by atomic mass is 9.92. The Bertz CT molecular complexity index is 788. The van der Waals surface area contributed by atoms with Crippen molar-refractivity contribution in [2.45, 2.75) is 32.2 Å². The van der Waals surface area contributed by atoms with E-state index in [0.717, 1.165) is 31.7 Å². The second-order valence-electron chi connectivity index (χ2n) is 7.66. The van der Waals surface area contributed by atoms with Gasteiger partial charge in [-0.05, 0) is 44.0 Å². The minimum Gasteiger partial charge on any atom is -0.494 e. The van der Waals surface area contributed by atoms with E-state index in [1.54, 1.807) is 4.31 Å². The number of rotatable bonds is 6. The van der Waals surface area contributed by atoms with Crippen LogP contribution in [0.15, 0.2) is 24.3 Å². The van der Waals surface area contributed by atoms with Crippen LogP contribution in [0.5, 0.6) is 5.75 Å². The molecule has 1 aromatic carbocycles. The lowest BCUT2D eigenvalue weighted by molar-refractivity contribution is 0.0312. The summed E-state index contributed by atoms with van der Waals surface area (Å²) in [6, 6.07) is 7.29. The quantitative estimate of drug-likeness (QED) is 0.715. The molecular formula is C20H31N3O4S. The van der Waals surface area contributed by atoms with Crippen molar-refractivity contribution in [2.24, 2.45) is 0 Å². The van der Waals surface area contributed by atoms with Gasteiger partial charge in [0.05, 0.1) is 12.9 Å². The predicted octanol–water partition coefficient (Wildman–Crippen LogP) is 1.66. The SMILES string of the molecule is CCOc1ccc(C(=O)N2CCN(C3(CC)CCN(S(C)(=O)=O)C3)CC2)cc1. The molecule has 1 amide bonds. The van der Waals surface area contributed by atoms with Gasteiger partial charge in [-0.25, -0.2) is 12.7 Å². The summed E-state index contributed by atoms with van der Waals surface area (Å²) in [5.41, 5.74) is 0.559. The number of nitrogens with zero attached hydrogens (tertiary/aromatic N) is 3. The minimum atomic E-state index is -3.16. The normalized spacial score (nSPS) is 24.5. The van der Waals surface area contributed by atoms with Gasteiger partial charge in [-0.15, -0.1) is 0 Å². The van der Waals surface area contributed by atoms with E-state index in [9.17, 15) is 13.2 Å². The highest BCUT2D eigenvalue weighted by Crippen LogP contribution is 2.33. The molecule has 3 rings (SSSR count). The standard InChI is InChI=1S/C20H31N3O4S/c1-4-20(10-11-23(16-20)28(3,25)26)22-14-12-21(13-15-22)19(24)17-6-8-18(9-7-17)27-5-2/h6-9H,4-5,10-16H2,1-3H3. The Morgan fingerprint density at radius 3 is 2.21 bits per heavy atom. The Kier molecular flexibility index (Phi) is 6.31. The molecule has 8 heteroatoms. The number of piperazine rings is 1. The van der Waals surface area contributed by atoms with Crippen molar-refractivity contribution in [3.8, 4) is 5.75 Å². The van der Waals surface area contributed by atoms with Crippen LogP contribution in [0.4, 0.5) is 0 Å². The fourth-order valence-electron chi connectivity index (χ4n) is 4.30. The molecule has 1 atom stereocenters. The number of ether oxygens (including phenoxy) is 1. The van der Waals surface area contributed by atoms with Gasteiger partial charge in [-0.1, -0.05) is 6.92 Å². The number of carbonyl (C=O) groups excluding carboxylic acids is 1. The van der Waals surface area contributed by atoms with Gasteiger partial charge in [0, 0.05) is 50.4 Å². The molecule has 1 aromatic rings. The minimum absolute atomic E-state index is 0.0393. The van der Waals surface area contributed by atoms with E-state index >= 15 is 0 Å². The molecule has 0 N–H and O–H groups in total. The van der Waals surface area contributed by atoms with Crippen LogP contribution in [-0.2, 0) is 10.0 Å². The maximum Gasteiger partial charge on any atom is 0.253 e. The van der Waals surface area contributed by atoms with Gasteiger partial charge in [-0.3, -0.25) is 9.69 Å². The topological polar surface area (TPSA) is 70.2 Å². The molecule has 0 radical (unpaired) electrons. The van der Waals surface area contributed by atoms with Crippen molar-refractivity contribution in [1.82, 2.24) is 14.1 Å². The Hall–Kier alpha value is -1.64. The molecule has 0 aromatic heterocycles. The van der Waals surface area contributed by atoms with Crippen molar-refractivity contribution >= 4 is 15.9 Å².